The van der Waals surface area contributed by atoms with Gasteiger partial charge in [0.25, 0.3) is 0 Å². The molecule has 1 N–H and O–H groups in total. The molecule has 0 saturated heterocycles. The number of esters is 1. The van der Waals surface area contributed by atoms with Crippen LogP contribution in [0.1, 0.15) is 43.5 Å². The van der Waals surface area contributed by atoms with Crippen molar-refractivity contribution >= 4 is 39.6 Å². The summed E-state index contributed by atoms with van der Waals surface area (Å²) in [7, 11) is 0. The molecule has 200 valence electrons. The molecule has 7 nitrogen and oxygen atoms in total. The van der Waals surface area contributed by atoms with Gasteiger partial charge in [-0.05, 0) is 61.7 Å². The van der Waals surface area contributed by atoms with Crippen molar-refractivity contribution in [2.75, 3.05) is 5.32 Å². The summed E-state index contributed by atoms with van der Waals surface area (Å²) in [6, 6.07) is 25.5. The highest BCUT2D eigenvalue weighted by Crippen LogP contribution is 2.37. The zero-order valence-corrected chi connectivity index (χ0v) is 24.3. The monoisotopic (exact) mass is 604 g/mol. The Morgan fingerprint density at radius 2 is 1.74 bits per heavy atom. The van der Waals surface area contributed by atoms with E-state index in [-0.39, 0.29) is 12.1 Å². The van der Waals surface area contributed by atoms with E-state index in [0.29, 0.717) is 29.0 Å². The molecule has 0 radical (unpaired) electrons. The molecule has 0 amide bonds. The van der Waals surface area contributed by atoms with Gasteiger partial charge in [-0.1, -0.05) is 82.3 Å². The summed E-state index contributed by atoms with van der Waals surface area (Å²) in [5.41, 5.74) is 4.35. The molecule has 1 aliphatic rings. The van der Waals surface area contributed by atoms with Gasteiger partial charge in [0.15, 0.2) is 0 Å². The minimum absolute atomic E-state index is 0.248. The number of ether oxygens (including phenoxy) is 2. The van der Waals surface area contributed by atoms with E-state index < -0.39 is 6.04 Å². The summed E-state index contributed by atoms with van der Waals surface area (Å²) in [6.45, 7) is 6.01. The second-order valence-corrected chi connectivity index (χ2v) is 11.3. The number of halogens is 1. The van der Waals surface area contributed by atoms with Crippen molar-refractivity contribution in [2.45, 2.75) is 50.4 Å². The first-order valence-corrected chi connectivity index (χ1v) is 14.4. The average molecular weight is 606 g/mol. The van der Waals surface area contributed by atoms with E-state index in [0.717, 1.165) is 27.1 Å². The Labute approximate surface area is 240 Å². The fraction of sp³-hybridized carbons (Fsp3) is 0.233. The maximum atomic E-state index is 13.3. The van der Waals surface area contributed by atoms with Gasteiger partial charge in [0, 0.05) is 15.9 Å². The van der Waals surface area contributed by atoms with Gasteiger partial charge in [-0.2, -0.15) is 4.98 Å². The number of allylic oxidation sites excluding steroid dienone is 1. The van der Waals surface area contributed by atoms with Crippen LogP contribution < -0.4 is 10.1 Å². The summed E-state index contributed by atoms with van der Waals surface area (Å²) in [6.07, 6.45) is -0.248. The van der Waals surface area contributed by atoms with Crippen LogP contribution in [0.4, 0.5) is 5.95 Å². The van der Waals surface area contributed by atoms with Gasteiger partial charge in [0.1, 0.15) is 18.4 Å². The predicted octanol–water partition coefficient (Wildman–Crippen LogP) is 7.15. The van der Waals surface area contributed by atoms with Crippen molar-refractivity contribution in [2.24, 2.45) is 0 Å². The molecule has 4 aromatic rings. The van der Waals surface area contributed by atoms with Crippen molar-refractivity contribution < 1.29 is 14.3 Å². The van der Waals surface area contributed by atoms with Crippen molar-refractivity contribution in [3.63, 3.8) is 0 Å². The first kappa shape index (κ1) is 27.0. The van der Waals surface area contributed by atoms with Crippen LogP contribution in [0.25, 0.3) is 0 Å². The summed E-state index contributed by atoms with van der Waals surface area (Å²) in [4.78, 5) is 18.0. The fourth-order valence-corrected chi connectivity index (χ4v) is 5.31. The Morgan fingerprint density at radius 1 is 1.03 bits per heavy atom. The Hall–Kier alpha value is -3.56. The predicted molar refractivity (Wildman–Crippen MR) is 157 cm³/mol. The lowest BCUT2D eigenvalue weighted by Crippen LogP contribution is -2.30. The van der Waals surface area contributed by atoms with Crippen LogP contribution in [0.3, 0.4) is 0 Å². The largest absolute Gasteiger partial charge is 0.489 e. The second-order valence-electron chi connectivity index (χ2n) is 9.44. The van der Waals surface area contributed by atoms with E-state index in [9.17, 15) is 4.79 Å². The Morgan fingerprint density at radius 3 is 2.44 bits per heavy atom. The van der Waals surface area contributed by atoms with Gasteiger partial charge >= 0.3 is 5.97 Å². The lowest BCUT2D eigenvalue weighted by molar-refractivity contribution is -0.143. The number of thioether (sulfide) groups is 1. The lowest BCUT2D eigenvalue weighted by Gasteiger charge is -2.28. The van der Waals surface area contributed by atoms with E-state index >= 15 is 0 Å². The third-order valence-electron chi connectivity index (χ3n) is 6.12. The standard InChI is InChI=1S/C30H29BrN4O3S/c1-19(2)38-28(36)26-20(3)32-29-33-30(39-18-22-7-5-4-6-8-22)34-35(29)27(26)23-11-15-25(16-12-23)37-17-21-9-13-24(31)14-10-21/h4-16,19,27H,17-18H2,1-3H3,(H,32,33,34). The molecule has 2 heterocycles. The molecule has 0 aliphatic carbocycles. The number of anilines is 1. The smallest absolute Gasteiger partial charge is 0.338 e. The third-order valence-corrected chi connectivity index (χ3v) is 7.56. The Kier molecular flexibility index (Phi) is 8.38. The van der Waals surface area contributed by atoms with Gasteiger partial charge in [-0.15, -0.1) is 5.10 Å². The second kappa shape index (κ2) is 12.1. The van der Waals surface area contributed by atoms with E-state index in [1.54, 1.807) is 16.4 Å². The highest BCUT2D eigenvalue weighted by Gasteiger charge is 2.35. The van der Waals surface area contributed by atoms with Crippen LogP contribution in [0.2, 0.25) is 0 Å². The highest BCUT2D eigenvalue weighted by molar-refractivity contribution is 9.10. The SMILES string of the molecule is CC1=C(C(=O)OC(C)C)C(c2ccc(OCc3ccc(Br)cc3)cc2)n2nc(SCc3ccccc3)nc2N1. The van der Waals surface area contributed by atoms with Gasteiger partial charge in [0.05, 0.1) is 11.7 Å². The summed E-state index contributed by atoms with van der Waals surface area (Å²) >= 11 is 5.01. The van der Waals surface area contributed by atoms with Crippen LogP contribution in [-0.4, -0.2) is 26.8 Å². The summed E-state index contributed by atoms with van der Waals surface area (Å²) in [5, 5.41) is 8.70. The normalized spacial score (nSPS) is 14.6. The number of hydrogen-bond acceptors (Lipinski definition) is 7. The molecule has 1 aromatic heterocycles. The third kappa shape index (κ3) is 6.54. The summed E-state index contributed by atoms with van der Waals surface area (Å²) < 4.78 is 14.4. The number of nitrogens with zero attached hydrogens (tertiary/aromatic N) is 3. The quantitative estimate of drug-likeness (QED) is 0.160. The number of carbonyl (C=O) groups is 1. The minimum Gasteiger partial charge on any atom is -0.489 e. The minimum atomic E-state index is -0.494. The van der Waals surface area contributed by atoms with Gasteiger partial charge in [0.2, 0.25) is 11.1 Å². The van der Waals surface area contributed by atoms with Crippen molar-refractivity contribution in [1.29, 1.82) is 0 Å². The molecule has 0 saturated carbocycles. The zero-order chi connectivity index (χ0) is 27.4. The number of carbonyl (C=O) groups excluding carboxylic acids is 1. The molecule has 1 atom stereocenters. The molecule has 1 aliphatic heterocycles. The van der Waals surface area contributed by atoms with Crippen LogP contribution >= 0.6 is 27.7 Å². The van der Waals surface area contributed by atoms with Crippen LogP contribution in [0, 0.1) is 0 Å². The molecule has 3 aromatic carbocycles. The molecule has 0 spiro atoms. The number of aromatic nitrogens is 3. The Balaban J connectivity index is 1.41. The van der Waals surface area contributed by atoms with Crippen LogP contribution in [-0.2, 0) is 21.9 Å². The molecule has 5 rings (SSSR count). The number of rotatable bonds is 9. The van der Waals surface area contributed by atoms with Crippen LogP contribution in [0.15, 0.2) is 99.8 Å². The maximum Gasteiger partial charge on any atom is 0.338 e. The van der Waals surface area contributed by atoms with Crippen molar-refractivity contribution in [3.8, 4) is 5.75 Å². The van der Waals surface area contributed by atoms with Crippen molar-refractivity contribution in [1.82, 2.24) is 14.8 Å². The maximum absolute atomic E-state index is 13.3. The Bertz CT molecular complexity index is 1470. The number of hydrogen-bond donors (Lipinski definition) is 1. The number of nitrogens with one attached hydrogen (secondary N) is 1. The topological polar surface area (TPSA) is 78.3 Å². The highest BCUT2D eigenvalue weighted by atomic mass is 79.9. The average Bonchev–Trinajstić information content (AvgIpc) is 3.33. The first-order valence-electron chi connectivity index (χ1n) is 12.7. The molecular formula is C30H29BrN4O3S. The van der Waals surface area contributed by atoms with Crippen LogP contribution in [0.5, 0.6) is 5.75 Å². The molecular weight excluding hydrogens is 576 g/mol. The molecule has 1 unspecified atom stereocenters. The van der Waals surface area contributed by atoms with Crippen molar-refractivity contribution in [3.05, 3.63) is 111 Å². The lowest BCUT2D eigenvalue weighted by atomic mass is 9.95. The van der Waals surface area contributed by atoms with Gasteiger partial charge < -0.3 is 14.8 Å². The summed E-state index contributed by atoms with van der Waals surface area (Å²) in [5.74, 6) is 1.69. The number of fused-ring (bicyclic) bond motifs is 1. The molecule has 0 bridgehead atoms. The van der Waals surface area contributed by atoms with Gasteiger partial charge in [-0.25, -0.2) is 9.48 Å². The van der Waals surface area contributed by atoms with E-state index in [4.69, 9.17) is 19.6 Å². The van der Waals surface area contributed by atoms with E-state index in [1.165, 1.54) is 5.56 Å². The number of benzene rings is 3. The molecule has 39 heavy (non-hydrogen) atoms. The first-order chi connectivity index (χ1) is 18.9. The van der Waals surface area contributed by atoms with E-state index in [2.05, 4.69) is 33.4 Å². The zero-order valence-electron chi connectivity index (χ0n) is 21.9. The molecule has 9 heteroatoms. The van der Waals surface area contributed by atoms with Gasteiger partial charge in [-0.3, -0.25) is 0 Å². The molecule has 0 fully saturated rings. The fourth-order valence-electron chi connectivity index (χ4n) is 4.26. The van der Waals surface area contributed by atoms with E-state index in [1.807, 2.05) is 87.5 Å².